The SMILES string of the molecule is CC(=O)N1C(c2ccccc2)=[N+](C)[C@H](c2ccccc2)[C@H]1c1ccccc1.O=S(=O)([N-]S(=O)(=O)C(F)(F)F)C(F)(F)F. The molecule has 0 aromatic heterocycles. The molecule has 0 saturated heterocycles. The quantitative estimate of drug-likeness (QED) is 0.273. The van der Waals surface area contributed by atoms with Gasteiger partial charge in [0.1, 0.15) is 0 Å². The van der Waals surface area contributed by atoms with Gasteiger partial charge in [-0.05, 0) is 12.1 Å². The molecule has 1 amide bonds. The smallest absolute Gasteiger partial charge is 0.421 e. The summed E-state index contributed by atoms with van der Waals surface area (Å²) in [5, 5.41) is 0. The molecular weight excluding hydrogens is 612 g/mol. The van der Waals surface area contributed by atoms with Crippen LogP contribution in [0.25, 0.3) is 4.13 Å². The Morgan fingerprint density at radius 1 is 0.714 bits per heavy atom. The molecule has 2 atom stereocenters. The number of hydrogen-bond donors (Lipinski definition) is 0. The second-order valence-corrected chi connectivity index (χ2v) is 12.2. The van der Waals surface area contributed by atoms with E-state index < -0.39 is 31.1 Å². The molecule has 0 saturated carbocycles. The molecule has 42 heavy (non-hydrogen) atoms. The minimum Gasteiger partial charge on any atom is -0.421 e. The molecule has 0 unspecified atom stereocenters. The van der Waals surface area contributed by atoms with E-state index >= 15 is 0 Å². The highest BCUT2D eigenvalue weighted by molar-refractivity contribution is 8.13. The predicted molar refractivity (Wildman–Crippen MR) is 141 cm³/mol. The summed E-state index contributed by atoms with van der Waals surface area (Å²) < 4.78 is 111. The molecule has 0 aliphatic carbocycles. The third-order valence-corrected chi connectivity index (χ3v) is 8.73. The summed E-state index contributed by atoms with van der Waals surface area (Å²) in [7, 11) is -11.4. The number of benzene rings is 3. The fraction of sp³-hybridized carbons (Fsp3) is 0.231. The summed E-state index contributed by atoms with van der Waals surface area (Å²) in [6.45, 7) is 1.65. The van der Waals surface area contributed by atoms with Gasteiger partial charge in [-0.3, -0.25) is 4.58 Å². The Morgan fingerprint density at radius 3 is 1.48 bits per heavy atom. The molecule has 8 nitrogen and oxygen atoms in total. The van der Waals surface area contributed by atoms with E-state index in [1.165, 1.54) is 5.56 Å². The minimum absolute atomic E-state index is 0.0488. The number of alkyl halides is 6. The number of amidine groups is 1. The van der Waals surface area contributed by atoms with Crippen molar-refractivity contribution < 1.29 is 52.5 Å². The lowest BCUT2D eigenvalue weighted by Gasteiger charge is -2.22. The van der Waals surface area contributed by atoms with E-state index in [0.717, 1.165) is 21.1 Å². The first-order chi connectivity index (χ1) is 19.4. The molecule has 16 heteroatoms. The van der Waals surface area contributed by atoms with Gasteiger partial charge in [0, 0.05) is 18.1 Å². The van der Waals surface area contributed by atoms with Gasteiger partial charge < -0.3 is 4.13 Å². The number of rotatable bonds is 5. The van der Waals surface area contributed by atoms with E-state index in [1.807, 2.05) is 47.4 Å². The van der Waals surface area contributed by atoms with Gasteiger partial charge in [0.25, 0.3) is 5.84 Å². The van der Waals surface area contributed by atoms with Crippen LogP contribution in [0.15, 0.2) is 91.0 Å². The van der Waals surface area contributed by atoms with Crippen molar-refractivity contribution in [3.8, 4) is 0 Å². The van der Waals surface area contributed by atoms with E-state index in [4.69, 9.17) is 0 Å². The van der Waals surface area contributed by atoms with Gasteiger partial charge in [-0.15, -0.1) is 0 Å². The van der Waals surface area contributed by atoms with Crippen molar-refractivity contribution in [2.24, 2.45) is 0 Å². The van der Waals surface area contributed by atoms with Crippen molar-refractivity contribution in [2.75, 3.05) is 7.05 Å². The molecule has 0 spiro atoms. The van der Waals surface area contributed by atoms with Crippen LogP contribution in [-0.2, 0) is 24.8 Å². The van der Waals surface area contributed by atoms with E-state index in [1.54, 1.807) is 6.92 Å². The summed E-state index contributed by atoms with van der Waals surface area (Å²) >= 11 is 0. The highest BCUT2D eigenvalue weighted by Crippen LogP contribution is 2.42. The summed E-state index contributed by atoms with van der Waals surface area (Å²) in [5.41, 5.74) is -9.02. The van der Waals surface area contributed by atoms with E-state index in [9.17, 15) is 48.0 Å². The van der Waals surface area contributed by atoms with Crippen LogP contribution in [0.3, 0.4) is 0 Å². The van der Waals surface area contributed by atoms with Crippen LogP contribution in [0.5, 0.6) is 0 Å². The fourth-order valence-corrected chi connectivity index (χ4v) is 6.02. The van der Waals surface area contributed by atoms with Gasteiger partial charge >= 0.3 is 16.9 Å². The lowest BCUT2D eigenvalue weighted by Crippen LogP contribution is -2.36. The van der Waals surface area contributed by atoms with Crippen molar-refractivity contribution >= 4 is 31.8 Å². The standard InChI is InChI=1S/C24H23N2O.C2F6NO4S2/c1-18(27)26-23(20-14-8-4-9-15-20)22(19-12-6-3-7-13-19)25(2)24(26)21-16-10-5-11-17-21;3-1(4,5)14(10,11)9-15(12,13)2(6,7)8/h3-17,22-23H,1-2H3;/q+1;-1/t22-,23-;/m1./s1. The van der Waals surface area contributed by atoms with Crippen LogP contribution in [0.2, 0.25) is 0 Å². The average molecular weight is 636 g/mol. The first-order valence-electron chi connectivity index (χ1n) is 11.8. The minimum atomic E-state index is -6.72. The molecule has 1 aliphatic rings. The number of amides is 1. The molecular formula is C26H23F6N3O5S2. The van der Waals surface area contributed by atoms with Crippen molar-refractivity contribution in [2.45, 2.75) is 30.0 Å². The van der Waals surface area contributed by atoms with Crippen molar-refractivity contribution in [3.63, 3.8) is 0 Å². The first kappa shape index (κ1) is 32.8. The van der Waals surface area contributed by atoms with Crippen LogP contribution in [0.1, 0.15) is 35.7 Å². The van der Waals surface area contributed by atoms with E-state index in [-0.39, 0.29) is 18.0 Å². The number of carbonyl (C=O) groups is 1. The molecule has 1 heterocycles. The summed E-state index contributed by atoms with van der Waals surface area (Å²) in [5.74, 6) is 0.999. The summed E-state index contributed by atoms with van der Waals surface area (Å²) in [6.07, 6.45) is 0. The zero-order chi connectivity index (χ0) is 31.5. The second kappa shape index (κ2) is 12.2. The lowest BCUT2D eigenvalue weighted by atomic mass is 9.93. The van der Waals surface area contributed by atoms with E-state index in [0.29, 0.717) is 0 Å². The predicted octanol–water partition coefficient (Wildman–Crippen LogP) is 5.48. The first-order valence-corrected chi connectivity index (χ1v) is 14.7. The van der Waals surface area contributed by atoms with Crippen molar-refractivity contribution in [1.29, 1.82) is 0 Å². The molecule has 0 radical (unpaired) electrons. The average Bonchev–Trinajstić information content (AvgIpc) is 3.22. The molecule has 3 aromatic rings. The van der Waals surface area contributed by atoms with E-state index in [2.05, 4.69) is 60.2 Å². The zero-order valence-corrected chi connectivity index (χ0v) is 23.4. The number of carbonyl (C=O) groups excluding carboxylic acids is 1. The van der Waals surface area contributed by atoms with Gasteiger partial charge in [-0.1, -0.05) is 78.9 Å². The highest BCUT2D eigenvalue weighted by atomic mass is 32.3. The Bertz CT molecular complexity index is 1610. The topological polar surface area (TPSA) is 106 Å². The van der Waals surface area contributed by atoms with Crippen LogP contribution in [-0.4, -0.2) is 56.1 Å². The molecule has 3 aromatic carbocycles. The molecule has 0 fully saturated rings. The maximum Gasteiger partial charge on any atom is 0.480 e. The third-order valence-electron chi connectivity index (χ3n) is 5.99. The largest absolute Gasteiger partial charge is 0.480 e. The van der Waals surface area contributed by atoms with Gasteiger partial charge in [0.05, 0.1) is 12.6 Å². The number of sulfonamides is 2. The number of likely N-dealkylation sites (N-methyl/N-ethyl adjacent to an activating group) is 1. The third kappa shape index (κ3) is 6.99. The maximum absolute atomic E-state index is 12.8. The van der Waals surface area contributed by atoms with Crippen molar-refractivity contribution in [1.82, 2.24) is 4.90 Å². The lowest BCUT2D eigenvalue weighted by molar-refractivity contribution is -0.538. The van der Waals surface area contributed by atoms with Crippen LogP contribution < -0.4 is 0 Å². The molecule has 4 rings (SSSR count). The molecule has 0 bridgehead atoms. The number of hydrogen-bond acceptors (Lipinski definition) is 5. The summed E-state index contributed by atoms with van der Waals surface area (Å²) in [6, 6.07) is 30.9. The number of halogens is 6. The highest BCUT2D eigenvalue weighted by Gasteiger charge is 2.51. The number of nitrogens with zero attached hydrogens (tertiary/aromatic N) is 3. The Hall–Kier alpha value is -3.76. The molecule has 1 aliphatic heterocycles. The van der Waals surface area contributed by atoms with Crippen molar-refractivity contribution in [3.05, 3.63) is 112 Å². The Morgan fingerprint density at radius 2 is 1.10 bits per heavy atom. The van der Waals surface area contributed by atoms with Gasteiger partial charge in [0.15, 0.2) is 32.1 Å². The van der Waals surface area contributed by atoms with Gasteiger partial charge in [0.2, 0.25) is 0 Å². The van der Waals surface area contributed by atoms with Gasteiger partial charge in [-0.2, -0.15) is 31.2 Å². The maximum atomic E-state index is 12.8. The second-order valence-electron chi connectivity index (χ2n) is 8.82. The Kier molecular flexibility index (Phi) is 9.54. The normalized spacial score (nSPS) is 18.0. The van der Waals surface area contributed by atoms with Gasteiger partial charge in [-0.25, -0.2) is 21.6 Å². The van der Waals surface area contributed by atoms with Crippen LogP contribution in [0, 0.1) is 0 Å². The Labute approximate surface area is 238 Å². The zero-order valence-electron chi connectivity index (χ0n) is 21.8. The Balaban J connectivity index is 0.000000277. The molecule has 0 N–H and O–H groups in total. The van der Waals surface area contributed by atoms with Crippen LogP contribution in [0.4, 0.5) is 26.3 Å². The molecule has 226 valence electrons. The summed E-state index contributed by atoms with van der Waals surface area (Å²) in [4.78, 5) is 14.8. The van der Waals surface area contributed by atoms with Crippen LogP contribution >= 0.6 is 0 Å². The monoisotopic (exact) mass is 635 g/mol. The fourth-order valence-electron chi connectivity index (χ4n) is 4.31.